The van der Waals surface area contributed by atoms with Crippen LogP contribution >= 0.6 is 0 Å². The van der Waals surface area contributed by atoms with Crippen molar-refractivity contribution < 1.29 is 9.47 Å². The first kappa shape index (κ1) is 15.8. The van der Waals surface area contributed by atoms with Crippen molar-refractivity contribution in [2.75, 3.05) is 46.3 Å². The molecule has 0 aromatic heterocycles. The van der Waals surface area contributed by atoms with E-state index in [-0.39, 0.29) is 0 Å². The molecule has 0 radical (unpaired) electrons. The van der Waals surface area contributed by atoms with Gasteiger partial charge < -0.3 is 15.2 Å². The SMILES string of the molecule is COCCN(CCOC)Cc1cc2ccccc2cc1N. The van der Waals surface area contributed by atoms with Crippen LogP contribution in [0.5, 0.6) is 0 Å². The van der Waals surface area contributed by atoms with Crippen LogP contribution in [-0.2, 0) is 16.0 Å². The second kappa shape index (κ2) is 7.98. The Kier molecular flexibility index (Phi) is 5.99. The van der Waals surface area contributed by atoms with E-state index in [9.17, 15) is 0 Å². The van der Waals surface area contributed by atoms with Crippen molar-refractivity contribution in [1.29, 1.82) is 0 Å². The van der Waals surface area contributed by atoms with Crippen molar-refractivity contribution in [2.24, 2.45) is 0 Å². The molecule has 0 saturated carbocycles. The van der Waals surface area contributed by atoms with Crippen LogP contribution in [0.1, 0.15) is 5.56 Å². The van der Waals surface area contributed by atoms with E-state index in [4.69, 9.17) is 15.2 Å². The van der Waals surface area contributed by atoms with Gasteiger partial charge in [-0.25, -0.2) is 0 Å². The maximum atomic E-state index is 6.20. The summed E-state index contributed by atoms with van der Waals surface area (Å²) in [6.07, 6.45) is 0. The molecule has 0 amide bonds. The number of nitrogen functional groups attached to an aromatic ring is 1. The van der Waals surface area contributed by atoms with Gasteiger partial charge in [-0.15, -0.1) is 0 Å². The predicted molar refractivity (Wildman–Crippen MR) is 87.4 cm³/mol. The minimum Gasteiger partial charge on any atom is -0.398 e. The largest absolute Gasteiger partial charge is 0.398 e. The molecule has 0 aliphatic carbocycles. The molecule has 0 spiro atoms. The smallest absolute Gasteiger partial charge is 0.0589 e. The monoisotopic (exact) mass is 288 g/mol. The van der Waals surface area contributed by atoms with E-state index in [1.54, 1.807) is 14.2 Å². The highest BCUT2D eigenvalue weighted by atomic mass is 16.5. The third-order valence-corrected chi connectivity index (χ3v) is 3.62. The lowest BCUT2D eigenvalue weighted by atomic mass is 10.0. The average Bonchev–Trinajstić information content (AvgIpc) is 2.50. The first-order valence-corrected chi connectivity index (χ1v) is 7.22. The van der Waals surface area contributed by atoms with Crippen molar-refractivity contribution in [3.05, 3.63) is 42.0 Å². The Morgan fingerprint density at radius 1 is 0.952 bits per heavy atom. The number of ether oxygens (including phenoxy) is 2. The van der Waals surface area contributed by atoms with E-state index in [2.05, 4.69) is 35.2 Å². The number of hydrogen-bond donors (Lipinski definition) is 1. The zero-order valence-electron chi connectivity index (χ0n) is 12.8. The van der Waals surface area contributed by atoms with Crippen LogP contribution < -0.4 is 5.73 Å². The third-order valence-electron chi connectivity index (χ3n) is 3.62. The number of hydrogen-bond acceptors (Lipinski definition) is 4. The quantitative estimate of drug-likeness (QED) is 0.758. The summed E-state index contributed by atoms with van der Waals surface area (Å²) in [6.45, 7) is 3.95. The van der Waals surface area contributed by atoms with Gasteiger partial charge in [0.2, 0.25) is 0 Å². The number of anilines is 1. The molecule has 21 heavy (non-hydrogen) atoms. The second-order valence-corrected chi connectivity index (χ2v) is 5.16. The lowest BCUT2D eigenvalue weighted by Gasteiger charge is -2.22. The van der Waals surface area contributed by atoms with Crippen molar-refractivity contribution in [2.45, 2.75) is 6.54 Å². The highest BCUT2D eigenvalue weighted by Gasteiger charge is 2.09. The summed E-state index contributed by atoms with van der Waals surface area (Å²) >= 11 is 0. The second-order valence-electron chi connectivity index (χ2n) is 5.16. The van der Waals surface area contributed by atoms with E-state index >= 15 is 0 Å². The van der Waals surface area contributed by atoms with Crippen LogP contribution in [-0.4, -0.2) is 45.4 Å². The molecule has 4 nitrogen and oxygen atoms in total. The number of nitrogens with two attached hydrogens (primary N) is 1. The zero-order chi connectivity index (χ0) is 15.1. The number of nitrogens with zero attached hydrogens (tertiary/aromatic N) is 1. The van der Waals surface area contributed by atoms with E-state index in [0.717, 1.165) is 30.9 Å². The molecule has 0 unspecified atom stereocenters. The Balaban J connectivity index is 2.16. The Morgan fingerprint density at radius 2 is 1.52 bits per heavy atom. The maximum absolute atomic E-state index is 6.20. The van der Waals surface area contributed by atoms with Gasteiger partial charge >= 0.3 is 0 Å². The fourth-order valence-electron chi connectivity index (χ4n) is 2.39. The molecule has 2 rings (SSSR count). The number of rotatable bonds is 8. The number of benzene rings is 2. The van der Waals surface area contributed by atoms with Crippen molar-refractivity contribution >= 4 is 16.5 Å². The summed E-state index contributed by atoms with van der Waals surface area (Å²) in [5, 5.41) is 2.40. The molecule has 0 fully saturated rings. The standard InChI is InChI=1S/C17H24N2O2/c1-20-9-7-19(8-10-21-2)13-16-11-14-5-3-4-6-15(14)12-17(16)18/h3-6,11-12H,7-10,13,18H2,1-2H3. The summed E-state index contributed by atoms with van der Waals surface area (Å²) in [6, 6.07) is 12.5. The van der Waals surface area contributed by atoms with Crippen LogP contribution in [0, 0.1) is 0 Å². The van der Waals surface area contributed by atoms with Gasteiger partial charge in [-0.2, -0.15) is 0 Å². The topological polar surface area (TPSA) is 47.7 Å². The first-order valence-electron chi connectivity index (χ1n) is 7.22. The molecule has 2 aromatic carbocycles. The average molecular weight is 288 g/mol. The molecule has 2 N–H and O–H groups in total. The first-order chi connectivity index (χ1) is 10.2. The van der Waals surface area contributed by atoms with Crippen molar-refractivity contribution in [1.82, 2.24) is 4.90 Å². The van der Waals surface area contributed by atoms with Gasteiger partial charge in [-0.1, -0.05) is 24.3 Å². The van der Waals surface area contributed by atoms with E-state index < -0.39 is 0 Å². The summed E-state index contributed by atoms with van der Waals surface area (Å²) in [5.41, 5.74) is 8.20. The van der Waals surface area contributed by atoms with Crippen LogP contribution in [0.15, 0.2) is 36.4 Å². The van der Waals surface area contributed by atoms with Gasteiger partial charge in [0.25, 0.3) is 0 Å². The zero-order valence-corrected chi connectivity index (χ0v) is 12.8. The summed E-state index contributed by atoms with van der Waals surface area (Å²) in [7, 11) is 3.44. The molecule has 0 saturated heterocycles. The highest BCUT2D eigenvalue weighted by Crippen LogP contribution is 2.23. The number of fused-ring (bicyclic) bond motifs is 1. The highest BCUT2D eigenvalue weighted by molar-refractivity contribution is 5.86. The molecule has 0 aliphatic heterocycles. The lowest BCUT2D eigenvalue weighted by molar-refractivity contribution is 0.110. The maximum Gasteiger partial charge on any atom is 0.0589 e. The van der Waals surface area contributed by atoms with Crippen molar-refractivity contribution in [3.63, 3.8) is 0 Å². The summed E-state index contributed by atoms with van der Waals surface area (Å²) in [5.74, 6) is 0. The van der Waals surface area contributed by atoms with Gasteiger partial charge in [-0.3, -0.25) is 4.90 Å². The minimum atomic E-state index is 0.706. The fourth-order valence-corrected chi connectivity index (χ4v) is 2.39. The molecule has 0 bridgehead atoms. The Bertz CT molecular complexity index is 564. The summed E-state index contributed by atoms with van der Waals surface area (Å²) in [4.78, 5) is 2.30. The molecule has 2 aromatic rings. The van der Waals surface area contributed by atoms with Crippen LogP contribution in [0.4, 0.5) is 5.69 Å². The van der Waals surface area contributed by atoms with E-state index in [1.807, 2.05) is 6.07 Å². The Hall–Kier alpha value is -1.62. The van der Waals surface area contributed by atoms with Crippen molar-refractivity contribution in [3.8, 4) is 0 Å². The van der Waals surface area contributed by atoms with Crippen LogP contribution in [0.25, 0.3) is 10.8 Å². The molecule has 114 valence electrons. The number of methoxy groups -OCH3 is 2. The molecule has 0 heterocycles. The minimum absolute atomic E-state index is 0.706. The van der Waals surface area contributed by atoms with Gasteiger partial charge in [0, 0.05) is 39.5 Å². The van der Waals surface area contributed by atoms with Gasteiger partial charge in [0.15, 0.2) is 0 Å². The molecular weight excluding hydrogens is 264 g/mol. The van der Waals surface area contributed by atoms with Crippen LogP contribution in [0.3, 0.4) is 0 Å². The Labute approximate surface area is 126 Å². The van der Waals surface area contributed by atoms with E-state index in [1.165, 1.54) is 10.8 Å². The van der Waals surface area contributed by atoms with Gasteiger partial charge in [0.05, 0.1) is 13.2 Å². The molecular formula is C17H24N2O2. The van der Waals surface area contributed by atoms with Crippen LogP contribution in [0.2, 0.25) is 0 Å². The molecule has 4 heteroatoms. The third kappa shape index (κ3) is 4.43. The summed E-state index contributed by atoms with van der Waals surface area (Å²) < 4.78 is 10.4. The lowest BCUT2D eigenvalue weighted by Crippen LogP contribution is -2.30. The molecule has 0 aliphatic rings. The van der Waals surface area contributed by atoms with E-state index in [0.29, 0.717) is 13.2 Å². The normalized spacial score (nSPS) is 11.4. The van der Waals surface area contributed by atoms with Gasteiger partial charge in [0.1, 0.15) is 0 Å². The molecule has 0 atom stereocenters. The van der Waals surface area contributed by atoms with Gasteiger partial charge in [-0.05, 0) is 28.5 Å². The predicted octanol–water partition coefficient (Wildman–Crippen LogP) is 2.52. The fraction of sp³-hybridized carbons (Fsp3) is 0.412. The Morgan fingerprint density at radius 3 is 2.10 bits per heavy atom.